The fourth-order valence-electron chi connectivity index (χ4n) is 3.74. The summed E-state index contributed by atoms with van der Waals surface area (Å²) in [7, 11) is 0. The molecular formula is C23H40GeO. The van der Waals surface area contributed by atoms with Crippen LogP contribution in [0, 0.1) is 0 Å². The second-order valence-corrected chi connectivity index (χ2v) is 17.2. The molecule has 0 bridgehead atoms. The Balaban J connectivity index is 2.82. The molecule has 1 atom stereocenters. The molecule has 2 heteroatoms. The predicted octanol–water partition coefficient (Wildman–Crippen LogP) is 7.10. The average molecular weight is 405 g/mol. The predicted molar refractivity (Wildman–Crippen MR) is 115 cm³/mol. The van der Waals surface area contributed by atoms with Crippen molar-refractivity contribution in [3.8, 4) is 0 Å². The Labute approximate surface area is 159 Å². The summed E-state index contributed by atoms with van der Waals surface area (Å²) in [6.07, 6.45) is 11.6. The molecule has 0 fully saturated rings. The van der Waals surface area contributed by atoms with Crippen molar-refractivity contribution in [3.05, 3.63) is 46.9 Å². The minimum absolute atomic E-state index is 0.243. The van der Waals surface area contributed by atoms with Gasteiger partial charge in [-0.3, -0.25) is 0 Å². The van der Waals surface area contributed by atoms with Crippen LogP contribution in [-0.4, -0.2) is 25.0 Å². The molecule has 0 aromatic heterocycles. The van der Waals surface area contributed by atoms with E-state index >= 15 is 0 Å². The van der Waals surface area contributed by atoms with E-state index < -0.39 is 13.3 Å². The molecule has 1 rings (SSSR count). The van der Waals surface area contributed by atoms with E-state index in [0.717, 1.165) is 6.42 Å². The molecule has 1 nitrogen and oxygen atoms in total. The second-order valence-electron chi connectivity index (χ2n) is 7.60. The van der Waals surface area contributed by atoms with E-state index in [4.69, 9.17) is 0 Å². The molecule has 0 aliphatic carbocycles. The van der Waals surface area contributed by atoms with E-state index in [1.54, 1.807) is 0 Å². The summed E-state index contributed by atoms with van der Waals surface area (Å²) in [6, 6.07) is 10.5. The monoisotopic (exact) mass is 406 g/mol. The van der Waals surface area contributed by atoms with Crippen LogP contribution >= 0.6 is 0 Å². The number of allylic oxidation sites excluding steroid dienone is 1. The molecule has 0 radical (unpaired) electrons. The van der Waals surface area contributed by atoms with E-state index in [0.29, 0.717) is 0 Å². The Morgan fingerprint density at radius 1 is 0.880 bits per heavy atom. The molecule has 0 saturated heterocycles. The third-order valence-electron chi connectivity index (χ3n) is 5.47. The molecule has 1 aromatic carbocycles. The topological polar surface area (TPSA) is 20.2 Å². The van der Waals surface area contributed by atoms with Gasteiger partial charge in [-0.15, -0.1) is 0 Å². The maximum atomic E-state index is 9.81. The maximum absolute atomic E-state index is 9.81. The van der Waals surface area contributed by atoms with Gasteiger partial charge in [0.05, 0.1) is 0 Å². The molecule has 1 unspecified atom stereocenters. The molecular weight excluding hydrogens is 365 g/mol. The van der Waals surface area contributed by atoms with Crippen molar-refractivity contribution in [3.63, 3.8) is 0 Å². The van der Waals surface area contributed by atoms with Crippen LogP contribution in [0.15, 0.2) is 41.3 Å². The molecule has 0 amide bonds. The van der Waals surface area contributed by atoms with Crippen molar-refractivity contribution < 1.29 is 5.11 Å². The standard InChI is InChI=1S/C23H40GeO/c1-4-7-17-24(18-8-5-2,19-9-6-3)20-13-16-23(21-25)22-14-11-10-12-15-22/h10-15,20,23,25H,4-9,16-19,21H2,1-3H3/b20-13-. The van der Waals surface area contributed by atoms with Gasteiger partial charge >= 0.3 is 159 Å². The second kappa shape index (κ2) is 13.6. The van der Waals surface area contributed by atoms with Gasteiger partial charge in [0.15, 0.2) is 0 Å². The zero-order valence-corrected chi connectivity index (χ0v) is 18.9. The van der Waals surface area contributed by atoms with Crippen LogP contribution in [0.2, 0.25) is 15.8 Å². The van der Waals surface area contributed by atoms with E-state index in [9.17, 15) is 5.11 Å². The number of aliphatic hydroxyl groups excluding tert-OH is 1. The van der Waals surface area contributed by atoms with Crippen LogP contribution < -0.4 is 0 Å². The first-order valence-electron chi connectivity index (χ1n) is 10.5. The van der Waals surface area contributed by atoms with Crippen LogP contribution in [0.5, 0.6) is 0 Å². The molecule has 0 saturated carbocycles. The fourth-order valence-corrected chi connectivity index (χ4v) is 14.3. The number of benzene rings is 1. The normalized spacial score (nSPS) is 13.4. The van der Waals surface area contributed by atoms with Crippen molar-refractivity contribution in [2.75, 3.05) is 6.61 Å². The summed E-state index contributed by atoms with van der Waals surface area (Å²) in [5.41, 5.74) is 1.27. The summed E-state index contributed by atoms with van der Waals surface area (Å²) in [6.45, 7) is 7.22. The molecule has 0 aliphatic rings. The number of rotatable bonds is 14. The fraction of sp³-hybridized carbons (Fsp3) is 0.652. The zero-order valence-electron chi connectivity index (χ0n) is 16.8. The van der Waals surface area contributed by atoms with E-state index in [2.05, 4.69) is 56.0 Å². The summed E-state index contributed by atoms with van der Waals surface area (Å²) in [4.78, 5) is 2.71. The molecule has 142 valence electrons. The van der Waals surface area contributed by atoms with E-state index in [-0.39, 0.29) is 12.5 Å². The van der Waals surface area contributed by atoms with Crippen molar-refractivity contribution in [2.45, 2.75) is 87.4 Å². The van der Waals surface area contributed by atoms with Crippen molar-refractivity contribution in [1.82, 2.24) is 0 Å². The first kappa shape index (κ1) is 22.5. The van der Waals surface area contributed by atoms with Gasteiger partial charge in [0.25, 0.3) is 0 Å². The molecule has 1 N–H and O–H groups in total. The third-order valence-corrected chi connectivity index (χ3v) is 15.9. The average Bonchev–Trinajstić information content (AvgIpc) is 2.66. The zero-order chi connectivity index (χ0) is 18.4. The molecule has 1 aromatic rings. The SMILES string of the molecule is CCC[CH2][Ge](/[CH]=C\CC(CO)c1ccccc1)([CH2]CCC)[CH2]CCC. The molecule has 0 aliphatic heterocycles. The quantitative estimate of drug-likeness (QED) is 0.328. The van der Waals surface area contributed by atoms with Crippen LogP contribution in [0.3, 0.4) is 0 Å². The Morgan fingerprint density at radius 3 is 1.84 bits per heavy atom. The summed E-state index contributed by atoms with van der Waals surface area (Å²) in [5.74, 6) is 0.251. The molecule has 0 heterocycles. The Kier molecular flexibility index (Phi) is 12.3. The summed E-state index contributed by atoms with van der Waals surface area (Å²) >= 11 is -1.89. The summed E-state index contributed by atoms with van der Waals surface area (Å²) < 4.78 is 0. The van der Waals surface area contributed by atoms with Crippen LogP contribution in [0.4, 0.5) is 0 Å². The number of unbranched alkanes of at least 4 members (excludes halogenated alkanes) is 3. The Morgan fingerprint density at radius 2 is 1.40 bits per heavy atom. The Hall–Kier alpha value is -0.537. The van der Waals surface area contributed by atoms with Crippen molar-refractivity contribution >= 4 is 13.3 Å². The minimum atomic E-state index is -1.89. The van der Waals surface area contributed by atoms with E-state index in [1.165, 1.54) is 59.8 Å². The van der Waals surface area contributed by atoms with Gasteiger partial charge < -0.3 is 0 Å². The first-order valence-corrected chi connectivity index (χ1v) is 16.2. The van der Waals surface area contributed by atoms with Gasteiger partial charge in [0, 0.05) is 0 Å². The molecule has 0 spiro atoms. The van der Waals surface area contributed by atoms with Crippen molar-refractivity contribution in [1.29, 1.82) is 0 Å². The first-order chi connectivity index (χ1) is 12.2. The third kappa shape index (κ3) is 8.59. The van der Waals surface area contributed by atoms with Gasteiger partial charge in [0.2, 0.25) is 0 Å². The summed E-state index contributed by atoms with van der Waals surface area (Å²) in [5, 5.41) is 14.3. The van der Waals surface area contributed by atoms with Crippen LogP contribution in [-0.2, 0) is 0 Å². The van der Waals surface area contributed by atoms with E-state index in [1.807, 2.05) is 6.07 Å². The molecule has 25 heavy (non-hydrogen) atoms. The van der Waals surface area contributed by atoms with Gasteiger partial charge in [-0.25, -0.2) is 0 Å². The number of hydrogen-bond acceptors (Lipinski definition) is 1. The van der Waals surface area contributed by atoms with Gasteiger partial charge in [-0.2, -0.15) is 0 Å². The van der Waals surface area contributed by atoms with Gasteiger partial charge in [-0.05, 0) is 0 Å². The van der Waals surface area contributed by atoms with Gasteiger partial charge in [-0.1, -0.05) is 0 Å². The van der Waals surface area contributed by atoms with Gasteiger partial charge in [0.1, 0.15) is 0 Å². The Bertz CT molecular complexity index is 433. The number of aliphatic hydroxyl groups is 1. The van der Waals surface area contributed by atoms with Crippen molar-refractivity contribution in [2.24, 2.45) is 0 Å². The van der Waals surface area contributed by atoms with Crippen LogP contribution in [0.1, 0.15) is 77.2 Å². The van der Waals surface area contributed by atoms with Crippen LogP contribution in [0.25, 0.3) is 0 Å². The number of hydrogen-bond donors (Lipinski definition) is 1.